The lowest BCUT2D eigenvalue weighted by Gasteiger charge is -2.20. The number of benzene rings is 2. The van der Waals surface area contributed by atoms with E-state index >= 15 is 0 Å². The van der Waals surface area contributed by atoms with Crippen LogP contribution < -0.4 is 5.32 Å². The third-order valence-electron chi connectivity index (χ3n) is 3.88. The summed E-state index contributed by atoms with van der Waals surface area (Å²) in [6.45, 7) is -0.374. The van der Waals surface area contributed by atoms with E-state index in [4.69, 9.17) is 0 Å². The minimum atomic E-state index is -4.57. The Labute approximate surface area is 152 Å². The Balaban J connectivity index is 1.78. The molecule has 0 aliphatic rings. The van der Waals surface area contributed by atoms with Gasteiger partial charge in [0.05, 0.1) is 6.04 Å². The van der Waals surface area contributed by atoms with E-state index in [-0.39, 0.29) is 6.54 Å². The minimum Gasteiger partial charge on any atom is -0.344 e. The van der Waals surface area contributed by atoms with Crippen LogP contribution in [0, 0.1) is 5.82 Å². The van der Waals surface area contributed by atoms with Gasteiger partial charge in [0.15, 0.2) is 5.69 Å². The van der Waals surface area contributed by atoms with Crippen molar-refractivity contribution in [2.45, 2.75) is 18.8 Å². The van der Waals surface area contributed by atoms with Gasteiger partial charge in [0, 0.05) is 6.20 Å². The number of carbonyl (C=O) groups excluding carboxylic acids is 1. The SMILES string of the molecule is O=C(Cn1ccc(C(F)(F)F)n1)N[C@H](c1ccccc1)c1ccc(F)cc1. The molecule has 0 saturated carbocycles. The highest BCUT2D eigenvalue weighted by Gasteiger charge is 2.33. The summed E-state index contributed by atoms with van der Waals surface area (Å²) in [7, 11) is 0. The second-order valence-corrected chi connectivity index (χ2v) is 5.86. The number of hydrogen-bond donors (Lipinski definition) is 1. The molecule has 1 heterocycles. The molecule has 2 aromatic carbocycles. The molecule has 0 spiro atoms. The van der Waals surface area contributed by atoms with Crippen LogP contribution in [0.4, 0.5) is 17.6 Å². The largest absolute Gasteiger partial charge is 0.435 e. The number of nitrogens with one attached hydrogen (secondary N) is 1. The van der Waals surface area contributed by atoms with Crippen molar-refractivity contribution in [1.82, 2.24) is 15.1 Å². The first kappa shape index (κ1) is 18.6. The normalized spacial score (nSPS) is 12.6. The molecule has 3 aromatic rings. The number of aromatic nitrogens is 2. The molecular weight excluding hydrogens is 362 g/mol. The van der Waals surface area contributed by atoms with Crippen LogP contribution in [0.25, 0.3) is 0 Å². The average Bonchev–Trinajstić information content (AvgIpc) is 3.10. The van der Waals surface area contributed by atoms with Crippen LogP contribution in [0.1, 0.15) is 22.9 Å². The number of rotatable bonds is 5. The molecule has 0 bridgehead atoms. The van der Waals surface area contributed by atoms with Crippen LogP contribution in [0.3, 0.4) is 0 Å². The van der Waals surface area contributed by atoms with Gasteiger partial charge in [-0.3, -0.25) is 9.48 Å². The number of hydrogen-bond acceptors (Lipinski definition) is 2. The summed E-state index contributed by atoms with van der Waals surface area (Å²) in [5.74, 6) is -0.932. The van der Waals surface area contributed by atoms with Crippen LogP contribution >= 0.6 is 0 Å². The van der Waals surface area contributed by atoms with E-state index in [9.17, 15) is 22.4 Å². The van der Waals surface area contributed by atoms with Crippen molar-refractivity contribution in [2.24, 2.45) is 0 Å². The van der Waals surface area contributed by atoms with E-state index in [2.05, 4.69) is 10.4 Å². The maximum absolute atomic E-state index is 13.2. The van der Waals surface area contributed by atoms with Gasteiger partial charge in [-0.15, -0.1) is 0 Å². The Morgan fingerprint density at radius 3 is 2.22 bits per heavy atom. The Hall–Kier alpha value is -3.16. The van der Waals surface area contributed by atoms with E-state index < -0.39 is 29.6 Å². The van der Waals surface area contributed by atoms with Crippen LogP contribution in [0.2, 0.25) is 0 Å². The molecule has 3 rings (SSSR count). The highest BCUT2D eigenvalue weighted by Crippen LogP contribution is 2.27. The smallest absolute Gasteiger partial charge is 0.344 e. The van der Waals surface area contributed by atoms with Crippen molar-refractivity contribution < 1.29 is 22.4 Å². The van der Waals surface area contributed by atoms with Gasteiger partial charge in [-0.2, -0.15) is 18.3 Å². The Morgan fingerprint density at radius 2 is 1.63 bits per heavy atom. The molecule has 1 amide bonds. The van der Waals surface area contributed by atoms with Crippen molar-refractivity contribution >= 4 is 5.91 Å². The molecule has 0 aliphatic carbocycles. The van der Waals surface area contributed by atoms with Crippen molar-refractivity contribution in [1.29, 1.82) is 0 Å². The zero-order chi connectivity index (χ0) is 19.4. The van der Waals surface area contributed by atoms with Gasteiger partial charge >= 0.3 is 6.18 Å². The number of nitrogens with zero attached hydrogens (tertiary/aromatic N) is 2. The second kappa shape index (κ2) is 7.61. The standard InChI is InChI=1S/C19H15F4N3O/c20-15-8-6-14(7-9-15)18(13-4-2-1-3-5-13)24-17(27)12-26-11-10-16(25-26)19(21,22)23/h1-11,18H,12H2,(H,24,27)/t18-/m1/s1. The van der Waals surface area contributed by atoms with Gasteiger partial charge in [-0.1, -0.05) is 42.5 Å². The van der Waals surface area contributed by atoms with Crippen molar-refractivity contribution in [3.8, 4) is 0 Å². The first-order chi connectivity index (χ1) is 12.8. The Kier molecular flexibility index (Phi) is 5.25. The molecule has 0 saturated heterocycles. The fraction of sp³-hybridized carbons (Fsp3) is 0.158. The van der Waals surface area contributed by atoms with Crippen LogP contribution in [0.15, 0.2) is 66.9 Å². The molecular formula is C19H15F4N3O. The third kappa shape index (κ3) is 4.72. The van der Waals surface area contributed by atoms with Crippen LogP contribution in [-0.2, 0) is 17.5 Å². The molecule has 27 heavy (non-hydrogen) atoms. The molecule has 0 fully saturated rings. The number of halogens is 4. The predicted octanol–water partition coefficient (Wildman–Crippen LogP) is 3.95. The summed E-state index contributed by atoms with van der Waals surface area (Å²) in [5.41, 5.74) is 0.342. The highest BCUT2D eigenvalue weighted by atomic mass is 19.4. The van der Waals surface area contributed by atoms with Gasteiger partial charge < -0.3 is 5.32 Å². The predicted molar refractivity (Wildman–Crippen MR) is 90.1 cm³/mol. The molecule has 1 aromatic heterocycles. The zero-order valence-corrected chi connectivity index (χ0v) is 13.9. The molecule has 0 aliphatic heterocycles. The summed E-state index contributed by atoms with van der Waals surface area (Å²) in [4.78, 5) is 12.4. The number of alkyl halides is 3. The van der Waals surface area contributed by atoms with Crippen LogP contribution in [-0.4, -0.2) is 15.7 Å². The first-order valence-electron chi connectivity index (χ1n) is 8.03. The first-order valence-corrected chi connectivity index (χ1v) is 8.03. The topological polar surface area (TPSA) is 46.9 Å². The molecule has 1 atom stereocenters. The Bertz CT molecular complexity index is 905. The van der Waals surface area contributed by atoms with Crippen LogP contribution in [0.5, 0.6) is 0 Å². The lowest BCUT2D eigenvalue weighted by Crippen LogP contribution is -2.32. The van der Waals surface area contributed by atoms with Crippen molar-refractivity contribution in [3.05, 3.63) is 89.5 Å². The van der Waals surface area contributed by atoms with Gasteiger partial charge in [-0.25, -0.2) is 4.39 Å². The molecule has 8 heteroatoms. The van der Waals surface area contributed by atoms with Gasteiger partial charge in [0.1, 0.15) is 12.4 Å². The maximum Gasteiger partial charge on any atom is 0.435 e. The maximum atomic E-state index is 13.2. The molecule has 1 N–H and O–H groups in total. The second-order valence-electron chi connectivity index (χ2n) is 5.86. The fourth-order valence-electron chi connectivity index (χ4n) is 2.61. The molecule has 0 radical (unpaired) electrons. The van der Waals surface area contributed by atoms with Gasteiger partial charge in [-0.05, 0) is 29.3 Å². The minimum absolute atomic E-state index is 0.374. The number of amides is 1. The quantitative estimate of drug-likeness (QED) is 0.685. The average molecular weight is 377 g/mol. The van der Waals surface area contributed by atoms with Gasteiger partial charge in [0.25, 0.3) is 0 Å². The summed E-state index contributed by atoms with van der Waals surface area (Å²) in [5, 5.41) is 6.13. The lowest BCUT2D eigenvalue weighted by molar-refractivity contribution is -0.141. The molecule has 4 nitrogen and oxygen atoms in total. The van der Waals surface area contributed by atoms with E-state index in [0.717, 1.165) is 22.5 Å². The monoisotopic (exact) mass is 377 g/mol. The summed E-state index contributed by atoms with van der Waals surface area (Å²) in [6, 6.07) is 14.9. The van der Waals surface area contributed by atoms with E-state index in [1.165, 1.54) is 12.1 Å². The van der Waals surface area contributed by atoms with E-state index in [1.54, 1.807) is 36.4 Å². The lowest BCUT2D eigenvalue weighted by atomic mass is 9.98. The Morgan fingerprint density at radius 1 is 1.00 bits per heavy atom. The molecule has 0 unspecified atom stereocenters. The van der Waals surface area contributed by atoms with E-state index in [0.29, 0.717) is 5.56 Å². The van der Waals surface area contributed by atoms with Crippen molar-refractivity contribution in [2.75, 3.05) is 0 Å². The highest BCUT2D eigenvalue weighted by molar-refractivity contribution is 5.76. The van der Waals surface area contributed by atoms with E-state index in [1.807, 2.05) is 6.07 Å². The van der Waals surface area contributed by atoms with Crippen molar-refractivity contribution in [3.63, 3.8) is 0 Å². The summed E-state index contributed by atoms with van der Waals surface area (Å²) >= 11 is 0. The van der Waals surface area contributed by atoms with Gasteiger partial charge in [0.2, 0.25) is 5.91 Å². The fourth-order valence-corrected chi connectivity index (χ4v) is 2.61. The number of carbonyl (C=O) groups is 1. The summed E-state index contributed by atoms with van der Waals surface area (Å²) in [6.07, 6.45) is -3.47. The third-order valence-corrected chi connectivity index (χ3v) is 3.88. The summed E-state index contributed by atoms with van der Waals surface area (Å²) < 4.78 is 52.0. The molecule has 140 valence electrons. The zero-order valence-electron chi connectivity index (χ0n) is 13.9.